The predicted octanol–water partition coefficient (Wildman–Crippen LogP) is 4.84. The molecule has 0 fully saturated rings. The minimum atomic E-state index is -4.39. The van der Waals surface area contributed by atoms with Gasteiger partial charge in [-0.25, -0.2) is 0 Å². The molecule has 0 aliphatic carbocycles. The molecular weight excluding hydrogens is 551 g/mol. The number of halogens is 3. The number of pyridine rings is 1. The molecular formula is C30H36F3N5O4. The first-order valence-corrected chi connectivity index (χ1v) is 13.5. The molecule has 3 rings (SSSR count). The fraction of sp³-hybridized carbons (Fsp3) is 0.433. The van der Waals surface area contributed by atoms with Crippen molar-refractivity contribution in [2.75, 3.05) is 13.6 Å². The molecule has 42 heavy (non-hydrogen) atoms. The summed E-state index contributed by atoms with van der Waals surface area (Å²) in [6.45, 7) is 6.35. The molecule has 1 amide bonds. The van der Waals surface area contributed by atoms with Gasteiger partial charge in [0.15, 0.2) is 0 Å². The van der Waals surface area contributed by atoms with Crippen molar-refractivity contribution in [1.82, 2.24) is 25.0 Å². The number of aromatic nitrogens is 3. The van der Waals surface area contributed by atoms with Crippen molar-refractivity contribution in [3.8, 4) is 11.3 Å². The number of carboxylic acids is 1. The number of nitrogens with one attached hydrogen (secondary N) is 1. The molecule has 0 unspecified atom stereocenters. The van der Waals surface area contributed by atoms with Gasteiger partial charge in [-0.15, -0.1) is 0 Å². The molecule has 0 saturated heterocycles. The third kappa shape index (κ3) is 8.97. The Kier molecular flexibility index (Phi) is 10.6. The van der Waals surface area contributed by atoms with E-state index in [-0.39, 0.29) is 18.9 Å². The van der Waals surface area contributed by atoms with Gasteiger partial charge in [-0.05, 0) is 61.6 Å². The number of hydrogen-bond acceptors (Lipinski definition) is 6. The maximum atomic E-state index is 13.7. The van der Waals surface area contributed by atoms with Crippen molar-refractivity contribution < 1.29 is 27.9 Å². The van der Waals surface area contributed by atoms with Gasteiger partial charge in [0, 0.05) is 24.4 Å². The Morgan fingerprint density at radius 1 is 1.12 bits per heavy atom. The molecule has 1 aromatic carbocycles. The molecule has 0 bridgehead atoms. The van der Waals surface area contributed by atoms with E-state index in [1.54, 1.807) is 6.07 Å². The van der Waals surface area contributed by atoms with Gasteiger partial charge in [0.2, 0.25) is 5.91 Å². The second-order valence-electron chi connectivity index (χ2n) is 11.0. The van der Waals surface area contributed by atoms with E-state index >= 15 is 0 Å². The summed E-state index contributed by atoms with van der Waals surface area (Å²) in [6, 6.07) is 8.09. The van der Waals surface area contributed by atoms with E-state index < -0.39 is 48.7 Å². The van der Waals surface area contributed by atoms with E-state index in [1.807, 2.05) is 45.9 Å². The number of carbonyl (C=O) groups is 2. The van der Waals surface area contributed by atoms with Crippen LogP contribution in [0.25, 0.3) is 11.3 Å². The minimum absolute atomic E-state index is 0.0413. The number of alkyl halides is 3. The van der Waals surface area contributed by atoms with E-state index in [2.05, 4.69) is 15.5 Å². The lowest BCUT2D eigenvalue weighted by molar-refractivity contribution is -0.144. The summed E-state index contributed by atoms with van der Waals surface area (Å²) in [4.78, 5) is 39.5. The third-order valence-corrected chi connectivity index (χ3v) is 6.74. The number of carboxylic acid groups (broad SMARTS) is 1. The van der Waals surface area contributed by atoms with E-state index in [0.29, 0.717) is 16.8 Å². The van der Waals surface area contributed by atoms with Gasteiger partial charge in [-0.3, -0.25) is 19.3 Å². The van der Waals surface area contributed by atoms with Gasteiger partial charge in [-0.1, -0.05) is 38.1 Å². The number of aliphatic carboxylic acids is 1. The summed E-state index contributed by atoms with van der Waals surface area (Å²) in [7, 11) is 1.31. The fourth-order valence-corrected chi connectivity index (χ4v) is 4.96. The van der Waals surface area contributed by atoms with Crippen LogP contribution in [0.2, 0.25) is 0 Å². The van der Waals surface area contributed by atoms with E-state index in [4.69, 9.17) is 0 Å². The quantitative estimate of drug-likeness (QED) is 0.312. The van der Waals surface area contributed by atoms with Crippen LogP contribution >= 0.6 is 0 Å². The van der Waals surface area contributed by atoms with Crippen LogP contribution in [0.15, 0.2) is 53.6 Å². The van der Waals surface area contributed by atoms with Gasteiger partial charge >= 0.3 is 12.1 Å². The number of benzene rings is 1. The lowest BCUT2D eigenvalue weighted by atomic mass is 9.97. The number of hydrogen-bond donors (Lipinski definition) is 2. The Balaban J connectivity index is 1.96. The van der Waals surface area contributed by atoms with Crippen molar-refractivity contribution in [2.45, 2.75) is 65.3 Å². The lowest BCUT2D eigenvalue weighted by Crippen LogP contribution is -2.40. The second-order valence-corrected chi connectivity index (χ2v) is 11.0. The molecule has 2 heterocycles. The summed E-state index contributed by atoms with van der Waals surface area (Å²) in [5.41, 5.74) is 3.63. The number of rotatable bonds is 12. The van der Waals surface area contributed by atoms with Crippen molar-refractivity contribution in [1.29, 1.82) is 0 Å². The Morgan fingerprint density at radius 2 is 1.79 bits per heavy atom. The summed E-state index contributed by atoms with van der Waals surface area (Å²) < 4.78 is 39.7. The predicted molar refractivity (Wildman–Crippen MR) is 152 cm³/mol. The Morgan fingerprint density at radius 3 is 2.38 bits per heavy atom. The highest BCUT2D eigenvalue weighted by molar-refractivity contribution is 5.81. The molecule has 0 radical (unpaired) electrons. The molecule has 2 aromatic heterocycles. The number of amides is 1. The highest BCUT2D eigenvalue weighted by Crippen LogP contribution is 2.28. The van der Waals surface area contributed by atoms with Crippen molar-refractivity contribution in [2.24, 2.45) is 5.92 Å². The van der Waals surface area contributed by atoms with E-state index in [1.165, 1.54) is 36.1 Å². The van der Waals surface area contributed by atoms with Crippen LogP contribution in [0.1, 0.15) is 61.0 Å². The van der Waals surface area contributed by atoms with E-state index in [0.717, 1.165) is 21.6 Å². The monoisotopic (exact) mass is 587 g/mol. The molecule has 0 aliphatic heterocycles. The standard InChI is InChI=1S/C30H36F3N5O4/c1-18(2)11-25(38-16-21(9-10-26(38)39)15-37(5)17-30(31,32)33)29(42)35-23(13-27(40)41)22-12-24(36-34-14-22)28-19(3)7-6-8-20(28)4/h6-10,12,14,16,18,23,25H,11,13,15,17H2,1-5H3,(H,35,42)(H,40,41)/t23-,25-/m0/s1. The van der Waals surface area contributed by atoms with Crippen LogP contribution in [0.4, 0.5) is 13.2 Å². The summed E-state index contributed by atoms with van der Waals surface area (Å²) in [5.74, 6) is -1.79. The number of nitrogens with zero attached hydrogens (tertiary/aromatic N) is 4. The zero-order chi connectivity index (χ0) is 31.2. The maximum absolute atomic E-state index is 13.7. The molecule has 0 aliphatic rings. The first-order valence-electron chi connectivity index (χ1n) is 13.5. The fourth-order valence-electron chi connectivity index (χ4n) is 4.96. The van der Waals surface area contributed by atoms with Crippen molar-refractivity contribution in [3.05, 3.63) is 81.4 Å². The summed E-state index contributed by atoms with van der Waals surface area (Å²) in [5, 5.41) is 20.7. The van der Waals surface area contributed by atoms with Gasteiger partial charge in [0.1, 0.15) is 6.04 Å². The Hall–Kier alpha value is -4.06. The van der Waals surface area contributed by atoms with Crippen LogP contribution < -0.4 is 10.9 Å². The average Bonchev–Trinajstić information content (AvgIpc) is 2.86. The first-order chi connectivity index (χ1) is 19.6. The van der Waals surface area contributed by atoms with Gasteiger partial charge in [0.05, 0.1) is 30.9 Å². The lowest BCUT2D eigenvalue weighted by Gasteiger charge is -2.26. The summed E-state index contributed by atoms with van der Waals surface area (Å²) >= 11 is 0. The summed E-state index contributed by atoms with van der Waals surface area (Å²) in [6.07, 6.45) is -1.82. The molecule has 9 nitrogen and oxygen atoms in total. The van der Waals surface area contributed by atoms with Crippen LogP contribution in [0.5, 0.6) is 0 Å². The number of carbonyl (C=O) groups excluding carboxylic acids is 1. The molecule has 2 atom stereocenters. The molecule has 3 aromatic rings. The van der Waals surface area contributed by atoms with Crippen LogP contribution in [0, 0.1) is 19.8 Å². The van der Waals surface area contributed by atoms with Gasteiger partial charge in [-0.2, -0.15) is 23.4 Å². The Bertz CT molecular complexity index is 1450. The normalized spacial score (nSPS) is 13.3. The maximum Gasteiger partial charge on any atom is 0.401 e. The van der Waals surface area contributed by atoms with E-state index in [9.17, 15) is 32.7 Å². The zero-order valence-corrected chi connectivity index (χ0v) is 24.3. The molecule has 0 saturated carbocycles. The second kappa shape index (κ2) is 13.7. The van der Waals surface area contributed by atoms with Crippen LogP contribution in [0.3, 0.4) is 0 Å². The van der Waals surface area contributed by atoms with Crippen molar-refractivity contribution >= 4 is 11.9 Å². The third-order valence-electron chi connectivity index (χ3n) is 6.74. The average molecular weight is 588 g/mol. The zero-order valence-electron chi connectivity index (χ0n) is 24.3. The minimum Gasteiger partial charge on any atom is -0.481 e. The van der Waals surface area contributed by atoms with Gasteiger partial charge < -0.3 is 15.0 Å². The molecule has 226 valence electrons. The first kappa shape index (κ1) is 32.5. The van der Waals surface area contributed by atoms with Crippen molar-refractivity contribution in [3.63, 3.8) is 0 Å². The molecule has 12 heteroatoms. The van der Waals surface area contributed by atoms with Crippen LogP contribution in [-0.4, -0.2) is 56.4 Å². The van der Waals surface area contributed by atoms with Gasteiger partial charge in [0.25, 0.3) is 5.56 Å². The molecule has 2 N–H and O–H groups in total. The van der Waals surface area contributed by atoms with Crippen LogP contribution in [-0.2, 0) is 16.1 Å². The SMILES string of the molecule is Cc1cccc(C)c1-c1cc([C@H](CC(=O)O)NC(=O)[C@H](CC(C)C)n2cc(CN(C)CC(F)(F)F)ccc2=O)cnn1. The Labute approximate surface area is 242 Å². The molecule has 0 spiro atoms. The highest BCUT2D eigenvalue weighted by atomic mass is 19.4. The number of aryl methyl sites for hydroxylation is 2. The largest absolute Gasteiger partial charge is 0.481 e. The topological polar surface area (TPSA) is 117 Å². The smallest absolute Gasteiger partial charge is 0.401 e. The highest BCUT2D eigenvalue weighted by Gasteiger charge is 2.30.